The number of aromatic nitrogens is 4. The van der Waals surface area contributed by atoms with Crippen LogP contribution in [0.1, 0.15) is 82.7 Å². The van der Waals surface area contributed by atoms with Crippen LogP contribution in [0, 0.1) is 5.92 Å². The molecule has 2 aromatic carbocycles. The minimum absolute atomic E-state index is 0.0721. The van der Waals surface area contributed by atoms with Gasteiger partial charge in [0.2, 0.25) is 0 Å². The maximum atomic E-state index is 11.9. The first-order valence-electron chi connectivity index (χ1n) is 20.0. The van der Waals surface area contributed by atoms with E-state index in [0.717, 1.165) is 24.0 Å². The van der Waals surface area contributed by atoms with Crippen LogP contribution in [-0.4, -0.2) is 103 Å². The second kappa shape index (κ2) is 19.3. The van der Waals surface area contributed by atoms with E-state index in [9.17, 15) is 15.0 Å². The molecule has 1 saturated heterocycles. The van der Waals surface area contributed by atoms with Crippen LogP contribution in [0.3, 0.4) is 0 Å². The highest BCUT2D eigenvalue weighted by Crippen LogP contribution is 2.38. The summed E-state index contributed by atoms with van der Waals surface area (Å²) >= 11 is 0. The Morgan fingerprint density at radius 1 is 0.931 bits per heavy atom. The number of likely N-dealkylation sites (tertiary alicyclic amines) is 1. The van der Waals surface area contributed by atoms with Crippen LogP contribution in [0.15, 0.2) is 42.6 Å². The molecule has 2 atom stereocenters. The van der Waals surface area contributed by atoms with Gasteiger partial charge < -0.3 is 48.1 Å². The number of amides is 1. The third kappa shape index (κ3) is 10.4. The molecule has 1 aliphatic heterocycles. The molecule has 1 aliphatic rings. The summed E-state index contributed by atoms with van der Waals surface area (Å²) in [5, 5.41) is 26.4. The Hall–Kier alpha value is -4.80. The predicted molar refractivity (Wildman–Crippen MR) is 224 cm³/mol. The third-order valence-corrected chi connectivity index (χ3v) is 16.1. The van der Waals surface area contributed by atoms with E-state index in [2.05, 4.69) is 45.7 Å². The second-order valence-electron chi connectivity index (χ2n) is 16.3. The summed E-state index contributed by atoms with van der Waals surface area (Å²) in [5.41, 5.74) is 2.60. The smallest absolute Gasteiger partial charge is 0.407 e. The number of rotatable bonds is 19. The third-order valence-electron chi connectivity index (χ3n) is 11.5. The molecule has 2 aromatic heterocycles. The van der Waals surface area contributed by atoms with E-state index in [4.69, 9.17) is 43.2 Å². The monoisotopic (exact) mass is 822 g/mol. The number of hydrogen-bond acceptors (Lipinski definition) is 12. The fourth-order valence-electron chi connectivity index (χ4n) is 6.95. The molecule has 2 N–H and O–H groups in total. The van der Waals surface area contributed by atoms with Gasteiger partial charge in [-0.3, -0.25) is 0 Å². The average molecular weight is 823 g/mol. The maximum absolute atomic E-state index is 11.9. The Balaban J connectivity index is 1.62. The van der Waals surface area contributed by atoms with Crippen molar-refractivity contribution < 1.29 is 43.1 Å². The fourth-order valence-corrected chi connectivity index (χ4v) is 8.02. The molecule has 318 valence electrons. The summed E-state index contributed by atoms with van der Waals surface area (Å²) in [4.78, 5) is 25.0. The van der Waals surface area contributed by atoms with Gasteiger partial charge in [0.25, 0.3) is 0 Å². The van der Waals surface area contributed by atoms with Gasteiger partial charge in [-0.2, -0.15) is 4.98 Å². The number of hydrogen-bond donors (Lipinski definition) is 2. The zero-order chi connectivity index (χ0) is 42.2. The van der Waals surface area contributed by atoms with Crippen LogP contribution < -0.4 is 28.6 Å². The van der Waals surface area contributed by atoms with Crippen LogP contribution in [-0.2, 0) is 17.5 Å². The lowest BCUT2D eigenvalue weighted by molar-refractivity contribution is 0.0536. The van der Waals surface area contributed by atoms with Crippen molar-refractivity contribution >= 4 is 25.9 Å². The van der Waals surface area contributed by atoms with Crippen molar-refractivity contribution in [3.63, 3.8) is 0 Å². The molecule has 0 saturated carbocycles. The van der Waals surface area contributed by atoms with Crippen molar-refractivity contribution in [2.45, 2.75) is 103 Å². The van der Waals surface area contributed by atoms with E-state index in [-0.39, 0.29) is 23.1 Å². The molecule has 0 radical (unpaired) electrons. The van der Waals surface area contributed by atoms with Crippen molar-refractivity contribution in [1.29, 1.82) is 0 Å². The minimum Gasteiger partial charge on any atom is -0.497 e. The van der Waals surface area contributed by atoms with Crippen LogP contribution in [0.25, 0.3) is 5.65 Å². The van der Waals surface area contributed by atoms with Crippen molar-refractivity contribution in [3.05, 3.63) is 59.4 Å². The van der Waals surface area contributed by atoms with Gasteiger partial charge in [-0.15, -0.1) is 5.10 Å². The molecule has 3 heterocycles. The lowest BCUT2D eigenvalue weighted by atomic mass is 9.90. The Morgan fingerprint density at radius 3 is 2.02 bits per heavy atom. The number of nitrogens with zero attached hydrogens (tertiary/aromatic N) is 6. The first kappa shape index (κ1) is 44.3. The Kier molecular flexibility index (Phi) is 14.7. The van der Waals surface area contributed by atoms with Crippen molar-refractivity contribution in [2.75, 3.05) is 53.0 Å². The van der Waals surface area contributed by atoms with Gasteiger partial charge >= 0.3 is 12.1 Å². The maximum Gasteiger partial charge on any atom is 0.407 e. The van der Waals surface area contributed by atoms with E-state index >= 15 is 0 Å². The van der Waals surface area contributed by atoms with Gasteiger partial charge in [0.15, 0.2) is 19.8 Å². The summed E-state index contributed by atoms with van der Waals surface area (Å²) in [6.45, 7) is 15.1. The number of ether oxygens (including phenoxy) is 5. The van der Waals surface area contributed by atoms with Gasteiger partial charge in [0.1, 0.15) is 35.2 Å². The molecule has 2 unspecified atom stereocenters. The van der Waals surface area contributed by atoms with Crippen molar-refractivity contribution in [1.82, 2.24) is 24.5 Å². The number of aliphatic hydroxyl groups is 1. The van der Waals surface area contributed by atoms with Gasteiger partial charge in [0, 0.05) is 62.5 Å². The Morgan fingerprint density at radius 2 is 1.52 bits per heavy atom. The molecule has 16 heteroatoms. The second-order valence-corrected chi connectivity index (χ2v) is 21.1. The van der Waals surface area contributed by atoms with E-state index in [1.807, 2.05) is 36.4 Å². The molecular formula is C42H62N6O9Si. The van der Waals surface area contributed by atoms with Crippen molar-refractivity contribution in [2.24, 2.45) is 5.92 Å². The number of benzene rings is 2. The topological polar surface area (TPSA) is 162 Å². The average Bonchev–Trinajstić information content (AvgIpc) is 3.63. The first-order chi connectivity index (χ1) is 27.6. The standard InChI is InChI=1S/C42H62N6O9Si/c1-11-12-31(19-22-56-58(9,10)42(2,3)4)57-40-44-39(38-43-25-34(48(38)45-40)37(49)28-17-20-46(21-18-28)41(50)51)47(26-29-13-15-32(52-5)23-35(29)54-7)27-30-14-16-33(53-6)24-36(30)55-8/h13-16,23-25,28,31,37,49H,11-12,17-22,26-27H2,1-10H3,(H,50,51). The molecule has 1 amide bonds. The van der Waals surface area contributed by atoms with Gasteiger partial charge in [-0.1, -0.05) is 34.1 Å². The molecule has 5 rings (SSSR count). The van der Waals surface area contributed by atoms with Crippen molar-refractivity contribution in [3.8, 4) is 29.0 Å². The molecular weight excluding hydrogens is 761 g/mol. The highest BCUT2D eigenvalue weighted by molar-refractivity contribution is 6.74. The van der Waals surface area contributed by atoms with E-state index in [0.29, 0.717) is 92.2 Å². The summed E-state index contributed by atoms with van der Waals surface area (Å²) in [6.07, 6.45) is 2.73. The highest BCUT2D eigenvalue weighted by atomic mass is 28.4. The number of aliphatic hydroxyl groups excluding tert-OH is 1. The van der Waals surface area contributed by atoms with E-state index < -0.39 is 20.5 Å². The van der Waals surface area contributed by atoms with Gasteiger partial charge in [0.05, 0.1) is 40.3 Å². The summed E-state index contributed by atoms with van der Waals surface area (Å²) in [5.74, 6) is 2.83. The Labute approximate surface area is 343 Å². The number of carbonyl (C=O) groups is 1. The molecule has 15 nitrogen and oxygen atoms in total. The van der Waals surface area contributed by atoms with E-state index in [1.54, 1.807) is 39.2 Å². The predicted octanol–water partition coefficient (Wildman–Crippen LogP) is 7.75. The highest BCUT2D eigenvalue weighted by Gasteiger charge is 2.37. The minimum atomic E-state index is -1.99. The molecule has 4 aromatic rings. The lowest BCUT2D eigenvalue weighted by Crippen LogP contribution is -2.41. The SMILES string of the molecule is CCCC(CCO[Si](C)(C)C(C)(C)C)Oc1nc(N(Cc2ccc(OC)cc2OC)Cc2ccc(OC)cc2OC)c2ncc(C(O)C3CCN(C(=O)O)CC3)n2n1. The number of piperidine rings is 1. The van der Waals surface area contributed by atoms with Gasteiger partial charge in [-0.05, 0) is 67.6 Å². The largest absolute Gasteiger partial charge is 0.497 e. The van der Waals surface area contributed by atoms with Crippen LogP contribution >= 0.6 is 0 Å². The number of imidazole rings is 1. The molecule has 0 bridgehead atoms. The number of methoxy groups -OCH3 is 4. The summed E-state index contributed by atoms with van der Waals surface area (Å²) in [6, 6.07) is 11.5. The lowest BCUT2D eigenvalue weighted by Gasteiger charge is -2.36. The zero-order valence-electron chi connectivity index (χ0n) is 35.8. The van der Waals surface area contributed by atoms with Crippen LogP contribution in [0.2, 0.25) is 18.1 Å². The molecule has 0 aliphatic carbocycles. The fraction of sp³-hybridized carbons (Fsp3) is 0.571. The molecule has 0 spiro atoms. The number of fused-ring (bicyclic) bond motifs is 1. The summed E-state index contributed by atoms with van der Waals surface area (Å²) < 4.78 is 37.6. The van der Waals surface area contributed by atoms with Crippen LogP contribution in [0.5, 0.6) is 29.0 Å². The van der Waals surface area contributed by atoms with Crippen LogP contribution in [0.4, 0.5) is 10.6 Å². The molecule has 58 heavy (non-hydrogen) atoms. The first-order valence-corrected chi connectivity index (χ1v) is 22.9. The normalized spacial score (nSPS) is 14.9. The van der Waals surface area contributed by atoms with Gasteiger partial charge in [-0.25, -0.2) is 14.3 Å². The van der Waals surface area contributed by atoms with E-state index in [1.165, 1.54) is 4.90 Å². The zero-order valence-corrected chi connectivity index (χ0v) is 36.8. The summed E-state index contributed by atoms with van der Waals surface area (Å²) in [7, 11) is 4.47. The number of anilines is 1. The molecule has 1 fully saturated rings. The number of carboxylic acid groups (broad SMARTS) is 1. The quantitative estimate of drug-likeness (QED) is 0.0884. The Bertz CT molecular complexity index is 1920.